The summed E-state index contributed by atoms with van der Waals surface area (Å²) in [5, 5.41) is 0. The lowest BCUT2D eigenvalue weighted by molar-refractivity contribution is 0.832. The van der Waals surface area contributed by atoms with E-state index in [2.05, 4.69) is 32.6 Å². The number of allylic oxidation sites excluding steroid dienone is 7. The van der Waals surface area contributed by atoms with Gasteiger partial charge in [0.1, 0.15) is 0 Å². The molecule has 0 aromatic heterocycles. The van der Waals surface area contributed by atoms with E-state index in [0.29, 0.717) is 5.92 Å². The normalized spacial score (nSPS) is 12.7. The molecule has 0 aromatic rings. The predicted octanol–water partition coefficient (Wildman–Crippen LogP) is 3.89. The zero-order valence-corrected chi connectivity index (χ0v) is 8.25. The lowest BCUT2D eigenvalue weighted by Crippen LogP contribution is -1.74. The van der Waals surface area contributed by atoms with Crippen LogP contribution in [0.25, 0.3) is 0 Å². The Morgan fingerprint density at radius 1 is 1.17 bits per heavy atom. The Kier molecular flexibility index (Phi) is 6.08. The third-order valence-corrected chi connectivity index (χ3v) is 1.30. The van der Waals surface area contributed by atoms with E-state index < -0.39 is 0 Å². The second kappa shape index (κ2) is 6.66. The number of hydrogen-bond acceptors (Lipinski definition) is 0. The summed E-state index contributed by atoms with van der Waals surface area (Å²) in [5.74, 6) is 0.615. The summed E-state index contributed by atoms with van der Waals surface area (Å²) in [5.41, 5.74) is 1.03. The molecule has 0 spiro atoms. The number of rotatable bonds is 4. The van der Waals surface area contributed by atoms with E-state index in [4.69, 9.17) is 0 Å². The Bertz CT molecular complexity index is 202. The Hall–Kier alpha value is -1.04. The molecule has 0 heteroatoms. The second-order valence-electron chi connectivity index (χ2n) is 3.06. The summed E-state index contributed by atoms with van der Waals surface area (Å²) in [7, 11) is 0. The molecule has 66 valence electrons. The van der Waals surface area contributed by atoms with Crippen LogP contribution < -0.4 is 0 Å². The molecule has 0 fully saturated rings. The third kappa shape index (κ3) is 7.07. The second-order valence-corrected chi connectivity index (χ2v) is 3.06. The molecule has 0 bridgehead atoms. The molecule has 0 aromatic carbocycles. The lowest BCUT2D eigenvalue weighted by Gasteiger charge is -1.89. The highest BCUT2D eigenvalue weighted by molar-refractivity contribution is 5.28. The molecule has 12 heavy (non-hydrogen) atoms. The summed E-state index contributed by atoms with van der Waals surface area (Å²) in [4.78, 5) is 0. The van der Waals surface area contributed by atoms with Gasteiger partial charge in [0.05, 0.1) is 0 Å². The fraction of sp³-hybridized carbons (Fsp3) is 0.333. The standard InChI is InChI=1S/C12H18/c1-5-8-12(4)10-7-6-9-11(2)3/h5-11H,4H2,1-3H3/b8-5-,9-6-,10-7-. The van der Waals surface area contributed by atoms with Gasteiger partial charge in [0.15, 0.2) is 0 Å². The van der Waals surface area contributed by atoms with Crippen LogP contribution in [0.1, 0.15) is 20.8 Å². The van der Waals surface area contributed by atoms with Crippen LogP contribution in [0.4, 0.5) is 0 Å². The minimum atomic E-state index is 0.615. The maximum Gasteiger partial charge on any atom is -0.0287 e. The summed E-state index contributed by atoms with van der Waals surface area (Å²) in [6.45, 7) is 10.2. The zero-order chi connectivity index (χ0) is 9.40. The van der Waals surface area contributed by atoms with Gasteiger partial charge >= 0.3 is 0 Å². The number of hydrogen-bond donors (Lipinski definition) is 0. The molecule has 0 aliphatic rings. The molecule has 0 rings (SSSR count). The molecule has 0 heterocycles. The third-order valence-electron chi connectivity index (χ3n) is 1.30. The molecule has 0 saturated heterocycles. The first kappa shape index (κ1) is 11.0. The van der Waals surface area contributed by atoms with Crippen molar-refractivity contribution in [2.45, 2.75) is 20.8 Å². The van der Waals surface area contributed by atoms with Crippen molar-refractivity contribution in [2.24, 2.45) is 5.92 Å². The Morgan fingerprint density at radius 2 is 1.83 bits per heavy atom. The fourth-order valence-corrected chi connectivity index (χ4v) is 0.735. The molecular weight excluding hydrogens is 144 g/mol. The van der Waals surface area contributed by atoms with Crippen LogP contribution in [0.3, 0.4) is 0 Å². The van der Waals surface area contributed by atoms with Crippen molar-refractivity contribution in [1.82, 2.24) is 0 Å². The van der Waals surface area contributed by atoms with Crippen molar-refractivity contribution in [3.63, 3.8) is 0 Å². The molecule has 0 unspecified atom stereocenters. The minimum absolute atomic E-state index is 0.615. The molecule has 0 saturated carbocycles. The van der Waals surface area contributed by atoms with Gasteiger partial charge in [0.2, 0.25) is 0 Å². The first-order valence-electron chi connectivity index (χ1n) is 4.33. The summed E-state index contributed by atoms with van der Waals surface area (Å²) in [6.07, 6.45) is 12.2. The minimum Gasteiger partial charge on any atom is -0.0918 e. The van der Waals surface area contributed by atoms with Gasteiger partial charge in [0, 0.05) is 0 Å². The van der Waals surface area contributed by atoms with Crippen LogP contribution in [0.5, 0.6) is 0 Å². The van der Waals surface area contributed by atoms with Crippen molar-refractivity contribution < 1.29 is 0 Å². The topological polar surface area (TPSA) is 0 Å². The van der Waals surface area contributed by atoms with E-state index in [9.17, 15) is 0 Å². The van der Waals surface area contributed by atoms with Crippen molar-refractivity contribution in [1.29, 1.82) is 0 Å². The van der Waals surface area contributed by atoms with Gasteiger partial charge in [-0.2, -0.15) is 0 Å². The molecule has 0 N–H and O–H groups in total. The van der Waals surface area contributed by atoms with Crippen molar-refractivity contribution in [2.75, 3.05) is 0 Å². The highest BCUT2D eigenvalue weighted by Gasteiger charge is 1.80. The van der Waals surface area contributed by atoms with Crippen LogP contribution in [0.15, 0.2) is 48.6 Å². The van der Waals surface area contributed by atoms with Gasteiger partial charge in [-0.3, -0.25) is 0 Å². The van der Waals surface area contributed by atoms with Gasteiger partial charge in [0.25, 0.3) is 0 Å². The lowest BCUT2D eigenvalue weighted by atomic mass is 10.2. The van der Waals surface area contributed by atoms with Gasteiger partial charge in [-0.1, -0.05) is 56.9 Å². The maximum absolute atomic E-state index is 3.85. The Balaban J connectivity index is 3.84. The molecule has 0 aliphatic heterocycles. The van der Waals surface area contributed by atoms with Crippen LogP contribution >= 0.6 is 0 Å². The van der Waals surface area contributed by atoms with Crippen molar-refractivity contribution >= 4 is 0 Å². The fourth-order valence-electron chi connectivity index (χ4n) is 0.735. The van der Waals surface area contributed by atoms with Gasteiger partial charge in [-0.05, 0) is 18.4 Å². The molecule has 0 atom stereocenters. The average Bonchev–Trinajstić information content (AvgIpc) is 1.98. The Morgan fingerprint density at radius 3 is 2.33 bits per heavy atom. The van der Waals surface area contributed by atoms with Crippen molar-refractivity contribution in [3.05, 3.63) is 48.6 Å². The van der Waals surface area contributed by atoms with Crippen LogP contribution in [-0.4, -0.2) is 0 Å². The quantitative estimate of drug-likeness (QED) is 0.550. The van der Waals surface area contributed by atoms with Gasteiger partial charge in [-0.25, -0.2) is 0 Å². The SMILES string of the molecule is C=C(/C=C\C)/C=C\C=C/C(C)C. The summed E-state index contributed by atoms with van der Waals surface area (Å²) in [6, 6.07) is 0. The summed E-state index contributed by atoms with van der Waals surface area (Å²) >= 11 is 0. The van der Waals surface area contributed by atoms with E-state index in [1.165, 1.54) is 0 Å². The maximum atomic E-state index is 3.85. The van der Waals surface area contributed by atoms with E-state index in [1.54, 1.807) is 0 Å². The smallest absolute Gasteiger partial charge is 0.0287 e. The van der Waals surface area contributed by atoms with Crippen LogP contribution in [0.2, 0.25) is 0 Å². The van der Waals surface area contributed by atoms with Crippen LogP contribution in [-0.2, 0) is 0 Å². The first-order chi connectivity index (χ1) is 5.66. The zero-order valence-electron chi connectivity index (χ0n) is 8.25. The van der Waals surface area contributed by atoms with E-state index >= 15 is 0 Å². The predicted molar refractivity (Wildman–Crippen MR) is 57.1 cm³/mol. The largest absolute Gasteiger partial charge is 0.0918 e. The molecule has 0 aliphatic carbocycles. The highest BCUT2D eigenvalue weighted by atomic mass is 13.9. The molecule has 0 amide bonds. The van der Waals surface area contributed by atoms with E-state index in [1.807, 2.05) is 31.2 Å². The summed E-state index contributed by atoms with van der Waals surface area (Å²) < 4.78 is 0. The molecular formula is C12H18. The van der Waals surface area contributed by atoms with Gasteiger partial charge in [-0.15, -0.1) is 0 Å². The highest BCUT2D eigenvalue weighted by Crippen LogP contribution is 1.97. The molecule has 0 nitrogen and oxygen atoms in total. The van der Waals surface area contributed by atoms with Crippen LogP contribution in [0, 0.1) is 5.92 Å². The Labute approximate surface area is 76.0 Å². The van der Waals surface area contributed by atoms with E-state index in [0.717, 1.165) is 5.57 Å². The molecule has 0 radical (unpaired) electrons. The van der Waals surface area contributed by atoms with E-state index in [-0.39, 0.29) is 0 Å². The monoisotopic (exact) mass is 162 g/mol. The first-order valence-corrected chi connectivity index (χ1v) is 4.33. The average molecular weight is 162 g/mol. The van der Waals surface area contributed by atoms with Gasteiger partial charge < -0.3 is 0 Å². The van der Waals surface area contributed by atoms with Crippen molar-refractivity contribution in [3.8, 4) is 0 Å².